The Morgan fingerprint density at radius 2 is 2.40 bits per heavy atom. The number of nitrogens with one attached hydrogen (secondary N) is 2. The van der Waals surface area contributed by atoms with Gasteiger partial charge in [0, 0.05) is 7.11 Å². The maximum atomic E-state index is 11.5. The average Bonchev–Trinajstić information content (AvgIpc) is 2.58. The third kappa shape index (κ3) is 2.79. The van der Waals surface area contributed by atoms with Gasteiger partial charge in [0.25, 0.3) is 5.91 Å². The van der Waals surface area contributed by atoms with E-state index in [9.17, 15) is 4.79 Å². The number of aromatic amines is 1. The maximum Gasteiger partial charge on any atom is 0.254 e. The van der Waals surface area contributed by atoms with Gasteiger partial charge in [-0.15, -0.1) is 0 Å². The van der Waals surface area contributed by atoms with Crippen LogP contribution in [-0.4, -0.2) is 29.3 Å². The minimum absolute atomic E-state index is 0.215. The Balaban J connectivity index is 2.72. The van der Waals surface area contributed by atoms with Crippen LogP contribution in [0.2, 0.25) is 0 Å². The van der Waals surface area contributed by atoms with E-state index in [4.69, 9.17) is 4.74 Å². The minimum Gasteiger partial charge on any atom is -0.372 e. The highest BCUT2D eigenvalue weighted by atomic mass is 79.9. The second-order valence-corrected chi connectivity index (χ2v) is 3.88. The monoisotopic (exact) mass is 275 g/mol. The van der Waals surface area contributed by atoms with Crippen LogP contribution >= 0.6 is 15.9 Å². The molecule has 0 aliphatic carbocycles. The van der Waals surface area contributed by atoms with Gasteiger partial charge < -0.3 is 10.1 Å². The van der Waals surface area contributed by atoms with Crippen molar-refractivity contribution in [2.45, 2.75) is 26.4 Å². The summed E-state index contributed by atoms with van der Waals surface area (Å²) >= 11 is 3.36. The summed E-state index contributed by atoms with van der Waals surface area (Å²) in [4.78, 5) is 11.5. The first kappa shape index (κ1) is 12.2. The fraction of sp³-hybridized carbons (Fsp3) is 0.556. The van der Waals surface area contributed by atoms with Crippen molar-refractivity contribution in [3.05, 3.63) is 10.2 Å². The molecule has 0 aromatic carbocycles. The molecule has 5 nitrogen and oxygen atoms in total. The van der Waals surface area contributed by atoms with Crippen molar-refractivity contribution in [2.75, 3.05) is 12.4 Å². The molecular weight excluding hydrogens is 262 g/mol. The van der Waals surface area contributed by atoms with Gasteiger partial charge in [-0.1, -0.05) is 6.92 Å². The van der Waals surface area contributed by atoms with Crippen LogP contribution in [-0.2, 0) is 16.0 Å². The Morgan fingerprint density at radius 1 is 1.73 bits per heavy atom. The summed E-state index contributed by atoms with van der Waals surface area (Å²) in [5, 5.41) is 9.48. The molecule has 0 saturated carbocycles. The Bertz CT molecular complexity index is 351. The first-order valence-electron chi connectivity index (χ1n) is 4.66. The zero-order valence-electron chi connectivity index (χ0n) is 8.93. The van der Waals surface area contributed by atoms with Crippen LogP contribution in [0.4, 0.5) is 5.82 Å². The topological polar surface area (TPSA) is 67.0 Å². The molecule has 0 spiro atoms. The van der Waals surface area contributed by atoms with Crippen molar-refractivity contribution in [2.24, 2.45) is 0 Å². The standard InChI is InChI=1S/C9H14BrN3O2/c1-4-6-7(10)8(13-12-6)11-9(14)5(2)15-3/h5H,4H2,1-3H3,(H2,11,12,13,14). The lowest BCUT2D eigenvalue weighted by Gasteiger charge is -2.08. The molecule has 1 aromatic rings. The van der Waals surface area contributed by atoms with E-state index in [-0.39, 0.29) is 5.91 Å². The number of aromatic nitrogens is 2. The molecule has 0 fully saturated rings. The molecular formula is C9H14BrN3O2. The van der Waals surface area contributed by atoms with Crippen LogP contribution in [0.1, 0.15) is 19.5 Å². The molecule has 1 amide bonds. The van der Waals surface area contributed by atoms with Gasteiger partial charge in [-0.05, 0) is 29.3 Å². The van der Waals surface area contributed by atoms with Crippen molar-refractivity contribution >= 4 is 27.7 Å². The van der Waals surface area contributed by atoms with Crippen LogP contribution in [0.3, 0.4) is 0 Å². The third-order valence-corrected chi connectivity index (χ3v) is 2.95. The lowest BCUT2D eigenvalue weighted by atomic mass is 10.3. The molecule has 1 aromatic heterocycles. The number of amides is 1. The van der Waals surface area contributed by atoms with Crippen LogP contribution in [0, 0.1) is 0 Å². The average molecular weight is 276 g/mol. The fourth-order valence-electron chi connectivity index (χ4n) is 1.01. The van der Waals surface area contributed by atoms with E-state index in [1.165, 1.54) is 7.11 Å². The fourth-order valence-corrected chi connectivity index (χ4v) is 1.56. The largest absolute Gasteiger partial charge is 0.372 e. The summed E-state index contributed by atoms with van der Waals surface area (Å²) in [6.07, 6.45) is 0.335. The van der Waals surface area contributed by atoms with Crippen molar-refractivity contribution in [1.82, 2.24) is 10.2 Å². The summed E-state index contributed by atoms with van der Waals surface area (Å²) in [7, 11) is 1.49. The molecule has 1 heterocycles. The van der Waals surface area contributed by atoms with E-state index in [1.807, 2.05) is 6.92 Å². The van der Waals surface area contributed by atoms with Crippen LogP contribution < -0.4 is 5.32 Å². The summed E-state index contributed by atoms with van der Waals surface area (Å²) in [6.45, 7) is 3.68. The van der Waals surface area contributed by atoms with Crippen molar-refractivity contribution < 1.29 is 9.53 Å². The van der Waals surface area contributed by atoms with Gasteiger partial charge in [-0.3, -0.25) is 9.89 Å². The molecule has 1 atom stereocenters. The molecule has 84 valence electrons. The lowest BCUT2D eigenvalue weighted by molar-refractivity contribution is -0.124. The Morgan fingerprint density at radius 3 is 2.87 bits per heavy atom. The SMILES string of the molecule is CCc1[nH]nc(NC(=O)C(C)OC)c1Br. The quantitative estimate of drug-likeness (QED) is 0.879. The number of carbonyl (C=O) groups excluding carboxylic acids is 1. The van der Waals surface area contributed by atoms with Crippen LogP contribution in [0.25, 0.3) is 0 Å². The number of H-pyrrole nitrogens is 1. The number of halogens is 1. The van der Waals surface area contributed by atoms with E-state index in [2.05, 4.69) is 31.4 Å². The van der Waals surface area contributed by atoms with Crippen LogP contribution in [0.5, 0.6) is 0 Å². The molecule has 2 N–H and O–H groups in total. The molecule has 1 rings (SSSR count). The van der Waals surface area contributed by atoms with Crippen molar-refractivity contribution in [1.29, 1.82) is 0 Å². The first-order chi connectivity index (χ1) is 7.10. The molecule has 0 aliphatic rings. The van der Waals surface area contributed by atoms with Gasteiger partial charge in [0.15, 0.2) is 5.82 Å². The number of aryl methyl sites for hydroxylation is 1. The smallest absolute Gasteiger partial charge is 0.254 e. The van der Waals surface area contributed by atoms with Crippen LogP contribution in [0.15, 0.2) is 4.47 Å². The number of anilines is 1. The second-order valence-electron chi connectivity index (χ2n) is 3.09. The normalized spacial score (nSPS) is 12.5. The molecule has 6 heteroatoms. The molecule has 0 saturated heterocycles. The summed E-state index contributed by atoms with van der Waals surface area (Å²) < 4.78 is 5.69. The number of ether oxygens (including phenoxy) is 1. The van der Waals surface area contributed by atoms with Gasteiger partial charge in [-0.2, -0.15) is 5.10 Å². The highest BCUT2D eigenvalue weighted by molar-refractivity contribution is 9.10. The van der Waals surface area contributed by atoms with Crippen molar-refractivity contribution in [3.63, 3.8) is 0 Å². The van der Waals surface area contributed by atoms with Gasteiger partial charge in [0.05, 0.1) is 10.2 Å². The Hall–Kier alpha value is -0.880. The summed E-state index contributed by atoms with van der Waals surface area (Å²) in [6, 6.07) is 0. The number of hydrogen-bond donors (Lipinski definition) is 2. The minimum atomic E-state index is -0.487. The van der Waals surface area contributed by atoms with Gasteiger partial charge in [0.1, 0.15) is 6.10 Å². The van der Waals surface area contributed by atoms with Gasteiger partial charge in [-0.25, -0.2) is 0 Å². The van der Waals surface area contributed by atoms with Crippen molar-refractivity contribution in [3.8, 4) is 0 Å². The summed E-state index contributed by atoms with van der Waals surface area (Å²) in [5.41, 5.74) is 0.954. The number of carbonyl (C=O) groups is 1. The van der Waals surface area contributed by atoms with E-state index in [0.717, 1.165) is 16.6 Å². The van der Waals surface area contributed by atoms with Gasteiger partial charge in [0.2, 0.25) is 0 Å². The zero-order chi connectivity index (χ0) is 11.4. The van der Waals surface area contributed by atoms with E-state index >= 15 is 0 Å². The number of methoxy groups -OCH3 is 1. The summed E-state index contributed by atoms with van der Waals surface area (Å²) in [5.74, 6) is 0.285. The highest BCUT2D eigenvalue weighted by Crippen LogP contribution is 2.23. The number of hydrogen-bond acceptors (Lipinski definition) is 3. The maximum absolute atomic E-state index is 11.5. The molecule has 1 unspecified atom stereocenters. The third-order valence-electron chi connectivity index (χ3n) is 2.09. The molecule has 0 aliphatic heterocycles. The van der Waals surface area contributed by atoms with Gasteiger partial charge >= 0.3 is 0 Å². The Kier molecular flexibility index (Phi) is 4.28. The van der Waals surface area contributed by atoms with E-state index in [0.29, 0.717) is 5.82 Å². The molecule has 0 radical (unpaired) electrons. The van der Waals surface area contributed by atoms with E-state index in [1.54, 1.807) is 6.92 Å². The predicted molar refractivity (Wildman–Crippen MR) is 60.8 cm³/mol. The lowest BCUT2D eigenvalue weighted by Crippen LogP contribution is -2.26. The molecule has 0 bridgehead atoms. The number of nitrogens with zero attached hydrogens (tertiary/aromatic N) is 1. The predicted octanol–water partition coefficient (Wildman–Crippen LogP) is 1.71. The molecule has 15 heavy (non-hydrogen) atoms. The first-order valence-corrected chi connectivity index (χ1v) is 5.45. The number of rotatable bonds is 4. The van der Waals surface area contributed by atoms with E-state index < -0.39 is 6.10 Å². The zero-order valence-corrected chi connectivity index (χ0v) is 10.5. The Labute approximate surface area is 96.7 Å². The second kappa shape index (κ2) is 5.27. The highest BCUT2D eigenvalue weighted by Gasteiger charge is 2.16.